The Morgan fingerprint density at radius 3 is 2.74 bits per heavy atom. The summed E-state index contributed by atoms with van der Waals surface area (Å²) in [5.41, 5.74) is -0.117. The van der Waals surface area contributed by atoms with Crippen molar-refractivity contribution in [2.45, 2.75) is 4.90 Å². The highest BCUT2D eigenvalue weighted by atomic mass is 32.2. The van der Waals surface area contributed by atoms with Crippen LogP contribution in [0.15, 0.2) is 47.6 Å². The molecule has 0 aliphatic heterocycles. The van der Waals surface area contributed by atoms with Gasteiger partial charge >= 0.3 is 0 Å². The number of hydrogen-bond donors (Lipinski definition) is 1. The van der Waals surface area contributed by atoms with Crippen LogP contribution in [0.5, 0.6) is 0 Å². The maximum atomic E-state index is 13.1. The fourth-order valence-corrected chi connectivity index (χ4v) is 2.41. The monoisotopic (exact) mass is 277 g/mol. The van der Waals surface area contributed by atoms with Crippen LogP contribution in [-0.4, -0.2) is 13.4 Å². The van der Waals surface area contributed by atoms with Gasteiger partial charge in [0.05, 0.1) is 11.3 Å². The number of nitrogens with zero attached hydrogens (tertiary/aromatic N) is 2. The van der Waals surface area contributed by atoms with Gasteiger partial charge < -0.3 is 0 Å². The van der Waals surface area contributed by atoms with E-state index in [9.17, 15) is 12.8 Å². The fraction of sp³-hybridized carbons (Fsp3) is 0. The number of sulfonamides is 1. The first kappa shape index (κ1) is 13.0. The summed E-state index contributed by atoms with van der Waals surface area (Å²) in [4.78, 5) is 3.69. The van der Waals surface area contributed by atoms with Gasteiger partial charge in [-0.15, -0.1) is 0 Å². The molecule has 0 unspecified atom stereocenters. The van der Waals surface area contributed by atoms with Crippen LogP contribution in [0.1, 0.15) is 5.56 Å². The molecule has 1 N–H and O–H groups in total. The SMILES string of the molecule is N#Cc1cc(NS(=O)(=O)c2cccnc2)ccc1F. The number of anilines is 1. The van der Waals surface area contributed by atoms with Crippen molar-refractivity contribution < 1.29 is 12.8 Å². The van der Waals surface area contributed by atoms with Crippen LogP contribution in [0, 0.1) is 17.1 Å². The zero-order chi connectivity index (χ0) is 13.9. The van der Waals surface area contributed by atoms with Gasteiger partial charge in [0.1, 0.15) is 16.8 Å². The van der Waals surface area contributed by atoms with E-state index in [1.54, 1.807) is 6.07 Å². The Hall–Kier alpha value is -2.46. The zero-order valence-electron chi connectivity index (χ0n) is 9.54. The average molecular weight is 277 g/mol. The highest BCUT2D eigenvalue weighted by Gasteiger charge is 2.14. The lowest BCUT2D eigenvalue weighted by atomic mass is 10.2. The summed E-state index contributed by atoms with van der Waals surface area (Å²) >= 11 is 0. The standard InChI is InChI=1S/C12H8FN3O2S/c13-12-4-3-10(6-9(12)7-14)16-19(17,18)11-2-1-5-15-8-11/h1-6,8,16H. The van der Waals surface area contributed by atoms with E-state index < -0.39 is 15.8 Å². The molecule has 0 fully saturated rings. The van der Waals surface area contributed by atoms with Gasteiger partial charge in [0.15, 0.2) is 0 Å². The molecule has 0 atom stereocenters. The first-order valence-electron chi connectivity index (χ1n) is 5.15. The van der Waals surface area contributed by atoms with Crippen LogP contribution in [0.2, 0.25) is 0 Å². The Labute approximate surface area is 109 Å². The molecule has 5 nitrogen and oxygen atoms in total. The van der Waals surface area contributed by atoms with Crippen molar-refractivity contribution in [1.29, 1.82) is 5.26 Å². The number of pyridine rings is 1. The van der Waals surface area contributed by atoms with E-state index in [4.69, 9.17) is 5.26 Å². The lowest BCUT2D eigenvalue weighted by Gasteiger charge is -2.07. The minimum atomic E-state index is -3.80. The van der Waals surface area contributed by atoms with Gasteiger partial charge in [0, 0.05) is 12.4 Å². The number of nitrogens with one attached hydrogen (secondary N) is 1. The Kier molecular flexibility index (Phi) is 3.44. The second kappa shape index (κ2) is 5.04. The van der Waals surface area contributed by atoms with Crippen LogP contribution < -0.4 is 4.72 Å². The first-order chi connectivity index (χ1) is 9.03. The van der Waals surface area contributed by atoms with Crippen molar-refractivity contribution in [2.75, 3.05) is 4.72 Å². The zero-order valence-corrected chi connectivity index (χ0v) is 10.4. The largest absolute Gasteiger partial charge is 0.280 e. The molecule has 0 radical (unpaired) electrons. The minimum absolute atomic E-state index is 0.0159. The van der Waals surface area contributed by atoms with Gasteiger partial charge in [-0.05, 0) is 30.3 Å². The maximum absolute atomic E-state index is 13.1. The van der Waals surface area contributed by atoms with Crippen molar-refractivity contribution in [2.24, 2.45) is 0 Å². The van der Waals surface area contributed by atoms with E-state index >= 15 is 0 Å². The molecule has 1 aromatic heterocycles. The highest BCUT2D eigenvalue weighted by molar-refractivity contribution is 7.92. The number of hydrogen-bond acceptors (Lipinski definition) is 4. The molecule has 0 aliphatic carbocycles. The topological polar surface area (TPSA) is 82.9 Å². The number of rotatable bonds is 3. The lowest BCUT2D eigenvalue weighted by Crippen LogP contribution is -2.13. The number of halogens is 1. The van der Waals surface area contributed by atoms with Crippen LogP contribution >= 0.6 is 0 Å². The molecule has 0 amide bonds. The molecular weight excluding hydrogens is 269 g/mol. The first-order valence-corrected chi connectivity index (χ1v) is 6.64. The third kappa shape index (κ3) is 2.86. The molecule has 19 heavy (non-hydrogen) atoms. The third-order valence-electron chi connectivity index (χ3n) is 2.28. The quantitative estimate of drug-likeness (QED) is 0.928. The average Bonchev–Trinajstić information content (AvgIpc) is 2.42. The Morgan fingerprint density at radius 1 is 1.32 bits per heavy atom. The number of nitriles is 1. The molecule has 96 valence electrons. The summed E-state index contributed by atoms with van der Waals surface area (Å²) in [6, 6.07) is 7.90. The second-order valence-electron chi connectivity index (χ2n) is 3.60. The van der Waals surface area contributed by atoms with Crippen LogP contribution in [-0.2, 0) is 10.0 Å². The molecule has 2 rings (SSSR count). The van der Waals surface area contributed by atoms with E-state index in [1.807, 2.05) is 0 Å². The van der Waals surface area contributed by atoms with E-state index in [1.165, 1.54) is 30.6 Å². The molecule has 0 saturated heterocycles. The van der Waals surface area contributed by atoms with Gasteiger partial charge in [-0.1, -0.05) is 0 Å². The maximum Gasteiger partial charge on any atom is 0.263 e. The Morgan fingerprint density at radius 2 is 2.11 bits per heavy atom. The predicted molar refractivity (Wildman–Crippen MR) is 66.2 cm³/mol. The minimum Gasteiger partial charge on any atom is -0.280 e. The fourth-order valence-electron chi connectivity index (χ4n) is 1.39. The molecular formula is C12H8FN3O2S. The van der Waals surface area contributed by atoms with Gasteiger partial charge in [-0.3, -0.25) is 9.71 Å². The summed E-state index contributed by atoms with van der Waals surface area (Å²) in [6.45, 7) is 0. The Bertz CT molecular complexity index is 739. The summed E-state index contributed by atoms with van der Waals surface area (Å²) in [6.07, 6.45) is 2.64. The smallest absolute Gasteiger partial charge is 0.263 e. The molecule has 7 heteroatoms. The lowest BCUT2D eigenvalue weighted by molar-refractivity contribution is 0.600. The van der Waals surface area contributed by atoms with Crippen molar-refractivity contribution >= 4 is 15.7 Å². The van der Waals surface area contributed by atoms with Gasteiger partial charge in [0.2, 0.25) is 0 Å². The van der Waals surface area contributed by atoms with Crippen molar-refractivity contribution in [3.8, 4) is 6.07 Å². The molecule has 0 aliphatic rings. The highest BCUT2D eigenvalue weighted by Crippen LogP contribution is 2.18. The molecule has 2 aromatic rings. The molecule has 1 heterocycles. The van der Waals surface area contributed by atoms with Gasteiger partial charge in [-0.25, -0.2) is 12.8 Å². The predicted octanol–water partition coefficient (Wildman–Crippen LogP) is 1.89. The van der Waals surface area contributed by atoms with Crippen LogP contribution in [0.4, 0.5) is 10.1 Å². The van der Waals surface area contributed by atoms with Crippen molar-refractivity contribution in [3.63, 3.8) is 0 Å². The normalized spacial score (nSPS) is 10.7. The van der Waals surface area contributed by atoms with Crippen molar-refractivity contribution in [3.05, 3.63) is 54.1 Å². The Balaban J connectivity index is 2.34. The van der Waals surface area contributed by atoms with Gasteiger partial charge in [-0.2, -0.15) is 5.26 Å². The van der Waals surface area contributed by atoms with Crippen LogP contribution in [0.25, 0.3) is 0 Å². The van der Waals surface area contributed by atoms with Gasteiger partial charge in [0.25, 0.3) is 10.0 Å². The number of benzene rings is 1. The van der Waals surface area contributed by atoms with E-state index in [0.29, 0.717) is 0 Å². The molecule has 0 spiro atoms. The number of aromatic nitrogens is 1. The summed E-state index contributed by atoms with van der Waals surface area (Å²) in [5, 5.41) is 8.68. The molecule has 1 aromatic carbocycles. The van der Waals surface area contributed by atoms with E-state index in [-0.39, 0.29) is 16.1 Å². The molecule has 0 bridgehead atoms. The second-order valence-corrected chi connectivity index (χ2v) is 5.28. The summed E-state index contributed by atoms with van der Waals surface area (Å²) < 4.78 is 39.3. The third-order valence-corrected chi connectivity index (χ3v) is 3.65. The van der Waals surface area contributed by atoms with Crippen LogP contribution in [0.3, 0.4) is 0 Å². The van der Waals surface area contributed by atoms with Crippen molar-refractivity contribution in [1.82, 2.24) is 4.98 Å². The van der Waals surface area contributed by atoms with E-state index in [0.717, 1.165) is 12.1 Å². The molecule has 0 saturated carbocycles. The summed E-state index contributed by atoms with van der Waals surface area (Å²) in [7, 11) is -3.80. The summed E-state index contributed by atoms with van der Waals surface area (Å²) in [5.74, 6) is -0.702. The van der Waals surface area contributed by atoms with E-state index in [2.05, 4.69) is 9.71 Å².